The highest BCUT2D eigenvalue weighted by Gasteiger charge is 2.19. The molecule has 2 aromatic heterocycles. The maximum absolute atomic E-state index is 12.4. The lowest BCUT2D eigenvalue weighted by atomic mass is 9.96. The van der Waals surface area contributed by atoms with Crippen molar-refractivity contribution in [3.63, 3.8) is 0 Å². The van der Waals surface area contributed by atoms with E-state index in [1.54, 1.807) is 38.4 Å². The van der Waals surface area contributed by atoms with E-state index in [0.717, 1.165) is 48.6 Å². The van der Waals surface area contributed by atoms with Crippen LogP contribution in [0.2, 0.25) is 0 Å². The van der Waals surface area contributed by atoms with Gasteiger partial charge in [-0.1, -0.05) is 12.1 Å². The van der Waals surface area contributed by atoms with Gasteiger partial charge in [-0.05, 0) is 51.3 Å². The van der Waals surface area contributed by atoms with Gasteiger partial charge < -0.3 is 15.4 Å². The van der Waals surface area contributed by atoms with E-state index in [9.17, 15) is 4.79 Å². The quantitative estimate of drug-likeness (QED) is 0.548. The summed E-state index contributed by atoms with van der Waals surface area (Å²) in [5.41, 5.74) is 3.34. The first kappa shape index (κ1) is 23.4. The van der Waals surface area contributed by atoms with Crippen molar-refractivity contribution in [1.29, 1.82) is 5.26 Å². The number of aromatic nitrogens is 4. The molecule has 1 aliphatic heterocycles. The lowest BCUT2D eigenvalue weighted by Crippen LogP contribution is -2.33. The van der Waals surface area contributed by atoms with Gasteiger partial charge in [0.05, 0.1) is 35.1 Å². The molecule has 176 valence electrons. The molecule has 1 amide bonds. The maximum Gasteiger partial charge on any atom is 0.251 e. The second kappa shape index (κ2) is 10.0. The van der Waals surface area contributed by atoms with Crippen molar-refractivity contribution in [3.05, 3.63) is 54.0 Å². The topological polar surface area (TPSA) is 118 Å². The maximum atomic E-state index is 12.4. The van der Waals surface area contributed by atoms with Crippen molar-refractivity contribution < 1.29 is 9.53 Å². The van der Waals surface area contributed by atoms with Crippen molar-refractivity contribution in [2.45, 2.75) is 39.7 Å². The van der Waals surface area contributed by atoms with Gasteiger partial charge >= 0.3 is 0 Å². The Bertz CT molecular complexity index is 1190. The van der Waals surface area contributed by atoms with E-state index in [1.807, 2.05) is 29.9 Å². The molecule has 2 N–H and O–H groups in total. The predicted molar refractivity (Wildman–Crippen MR) is 129 cm³/mol. The van der Waals surface area contributed by atoms with Crippen molar-refractivity contribution in [2.75, 3.05) is 25.1 Å². The molecule has 0 atom stereocenters. The van der Waals surface area contributed by atoms with Crippen LogP contribution in [0.4, 0.5) is 11.6 Å². The Labute approximate surface area is 199 Å². The molecule has 1 aromatic carbocycles. The van der Waals surface area contributed by atoms with Crippen molar-refractivity contribution in [3.8, 4) is 17.3 Å². The van der Waals surface area contributed by atoms with Gasteiger partial charge in [-0.2, -0.15) is 10.4 Å². The molecule has 0 unspecified atom stereocenters. The fourth-order valence-corrected chi connectivity index (χ4v) is 3.70. The van der Waals surface area contributed by atoms with Crippen molar-refractivity contribution >= 4 is 17.5 Å². The first-order chi connectivity index (χ1) is 16.3. The highest BCUT2D eigenvalue weighted by molar-refractivity contribution is 5.94. The summed E-state index contributed by atoms with van der Waals surface area (Å²) in [4.78, 5) is 21.5. The van der Waals surface area contributed by atoms with Gasteiger partial charge in [0.25, 0.3) is 5.91 Å². The third-order valence-corrected chi connectivity index (χ3v) is 5.81. The van der Waals surface area contributed by atoms with Gasteiger partial charge in [0.15, 0.2) is 0 Å². The monoisotopic (exact) mass is 459 g/mol. The van der Waals surface area contributed by atoms with Crippen LogP contribution in [0.25, 0.3) is 11.3 Å². The number of nitriles is 1. The molecule has 1 aliphatic rings. The van der Waals surface area contributed by atoms with Crippen LogP contribution < -0.4 is 10.6 Å². The van der Waals surface area contributed by atoms with E-state index in [4.69, 9.17) is 15.0 Å². The van der Waals surface area contributed by atoms with E-state index in [-0.39, 0.29) is 12.5 Å². The molecule has 3 aromatic rings. The van der Waals surface area contributed by atoms with E-state index < -0.39 is 5.41 Å². The zero-order valence-electron chi connectivity index (χ0n) is 19.7. The Morgan fingerprint density at radius 3 is 2.68 bits per heavy atom. The summed E-state index contributed by atoms with van der Waals surface area (Å²) in [6.45, 7) is 7.33. The largest absolute Gasteiger partial charge is 0.381 e. The number of amides is 1. The third-order valence-electron chi connectivity index (χ3n) is 5.81. The first-order valence-electron chi connectivity index (χ1n) is 11.4. The van der Waals surface area contributed by atoms with Crippen molar-refractivity contribution in [1.82, 2.24) is 25.1 Å². The molecule has 1 saturated heterocycles. The van der Waals surface area contributed by atoms with Crippen molar-refractivity contribution in [2.24, 2.45) is 5.41 Å². The molecule has 0 radical (unpaired) electrons. The lowest BCUT2D eigenvalue weighted by molar-refractivity contribution is 0.0662. The molecule has 9 heteroatoms. The van der Waals surface area contributed by atoms with E-state index in [1.165, 1.54) is 0 Å². The summed E-state index contributed by atoms with van der Waals surface area (Å²) in [5.74, 6) is 0.269. The fourth-order valence-electron chi connectivity index (χ4n) is 3.70. The molecule has 0 saturated carbocycles. The molecule has 34 heavy (non-hydrogen) atoms. The van der Waals surface area contributed by atoms with Gasteiger partial charge in [-0.25, -0.2) is 9.97 Å². The minimum absolute atomic E-state index is 0.210. The van der Waals surface area contributed by atoms with Crippen LogP contribution in [0.3, 0.4) is 0 Å². The second-order valence-corrected chi connectivity index (χ2v) is 9.16. The summed E-state index contributed by atoms with van der Waals surface area (Å²) in [7, 11) is 0. The highest BCUT2D eigenvalue weighted by atomic mass is 16.5. The van der Waals surface area contributed by atoms with Crippen LogP contribution in [0.1, 0.15) is 48.7 Å². The molecular formula is C25H29N7O2. The number of hydrogen-bond acceptors (Lipinski definition) is 7. The Hall–Kier alpha value is -3.77. The summed E-state index contributed by atoms with van der Waals surface area (Å²) in [6, 6.07) is 9.78. The van der Waals surface area contributed by atoms with Gasteiger partial charge in [0.1, 0.15) is 0 Å². The number of nitrogens with zero attached hydrogens (tertiary/aromatic N) is 5. The summed E-state index contributed by atoms with van der Waals surface area (Å²) in [5, 5.41) is 19.6. The third kappa shape index (κ3) is 5.58. The number of rotatable bonds is 7. The average molecular weight is 460 g/mol. The lowest BCUT2D eigenvalue weighted by Gasteiger charge is -2.22. The molecule has 1 fully saturated rings. The summed E-state index contributed by atoms with van der Waals surface area (Å²) < 4.78 is 7.40. The summed E-state index contributed by atoms with van der Waals surface area (Å²) in [6.07, 6.45) is 7.43. The Kier molecular flexibility index (Phi) is 6.89. The molecule has 4 rings (SSSR count). The first-order valence-corrected chi connectivity index (χ1v) is 11.4. The molecule has 0 bridgehead atoms. The minimum Gasteiger partial charge on any atom is -0.381 e. The number of ether oxygens (including phenoxy) is 1. The number of benzene rings is 1. The van der Waals surface area contributed by atoms with E-state index >= 15 is 0 Å². The normalized spacial score (nSPS) is 14.4. The molecule has 0 aliphatic carbocycles. The summed E-state index contributed by atoms with van der Waals surface area (Å²) >= 11 is 0. The van der Waals surface area contributed by atoms with Gasteiger partial charge in [0, 0.05) is 43.3 Å². The van der Waals surface area contributed by atoms with Crippen LogP contribution in [0.5, 0.6) is 0 Å². The zero-order chi connectivity index (χ0) is 24.1. The van der Waals surface area contributed by atoms with Gasteiger partial charge in [-0.15, -0.1) is 0 Å². The van der Waals surface area contributed by atoms with E-state index in [2.05, 4.69) is 26.8 Å². The zero-order valence-corrected chi connectivity index (χ0v) is 19.7. The number of aryl methyl sites for hydroxylation is 1. The van der Waals surface area contributed by atoms with Crippen LogP contribution >= 0.6 is 0 Å². The smallest absolute Gasteiger partial charge is 0.251 e. The van der Waals surface area contributed by atoms with Crippen LogP contribution in [0, 0.1) is 23.7 Å². The van der Waals surface area contributed by atoms with Crippen LogP contribution in [0.15, 0.2) is 42.9 Å². The molecule has 9 nitrogen and oxygen atoms in total. The van der Waals surface area contributed by atoms with E-state index in [0.29, 0.717) is 17.6 Å². The number of anilines is 2. The van der Waals surface area contributed by atoms with Crippen LogP contribution in [-0.2, 0) is 4.74 Å². The van der Waals surface area contributed by atoms with Gasteiger partial charge in [0.2, 0.25) is 5.95 Å². The predicted octanol–water partition coefficient (Wildman–Crippen LogP) is 4.02. The Morgan fingerprint density at radius 2 is 1.97 bits per heavy atom. The van der Waals surface area contributed by atoms with Crippen LogP contribution in [-0.4, -0.2) is 45.4 Å². The fraction of sp³-hybridized carbons (Fsp3) is 0.400. The minimum atomic E-state index is -0.613. The number of carbonyl (C=O) groups excluding carboxylic acids is 1. The SMILES string of the molecule is Cc1cnc(Nc2cnn(C3CCOCC3)c2)nc1-c1ccc(C(=O)NCC(C)(C)C#N)cc1. The number of carbonyl (C=O) groups is 1. The highest BCUT2D eigenvalue weighted by Crippen LogP contribution is 2.25. The molecule has 0 spiro atoms. The standard InChI is InChI=1S/C25H29N7O2/c1-17-12-27-24(30-20-13-29-32(14-20)21-8-10-34-11-9-21)31-22(17)18-4-6-19(7-5-18)23(33)28-16-25(2,3)15-26/h4-7,12-14,21H,8-11,16H2,1-3H3,(H,28,33)(H,27,30,31). The molecular weight excluding hydrogens is 430 g/mol. The number of hydrogen-bond donors (Lipinski definition) is 2. The Balaban J connectivity index is 1.45. The number of nitrogens with one attached hydrogen (secondary N) is 2. The Morgan fingerprint density at radius 1 is 1.24 bits per heavy atom. The second-order valence-electron chi connectivity index (χ2n) is 9.16. The molecule has 3 heterocycles. The van der Waals surface area contributed by atoms with Gasteiger partial charge in [-0.3, -0.25) is 9.48 Å². The average Bonchev–Trinajstić information content (AvgIpc) is 3.33.